The van der Waals surface area contributed by atoms with Crippen LogP contribution in [0.1, 0.15) is 104 Å². The van der Waals surface area contributed by atoms with Crippen molar-refractivity contribution in [2.75, 3.05) is 0 Å². The van der Waals surface area contributed by atoms with Gasteiger partial charge in [0.15, 0.2) is 5.78 Å². The third kappa shape index (κ3) is 17.2. The zero-order chi connectivity index (χ0) is 16.3. The van der Waals surface area contributed by atoms with E-state index in [2.05, 4.69) is 26.0 Å². The molecule has 22 heavy (non-hydrogen) atoms. The number of unbranched alkanes of at least 4 members (excludes halogenated alkanes) is 10. The molecule has 0 unspecified atom stereocenters. The average molecular weight is 307 g/mol. The summed E-state index contributed by atoms with van der Waals surface area (Å²) >= 11 is 0. The van der Waals surface area contributed by atoms with Gasteiger partial charge in [0, 0.05) is 6.42 Å². The molecule has 0 N–H and O–H groups in total. The van der Waals surface area contributed by atoms with E-state index in [-0.39, 0.29) is 0 Å². The molecule has 0 aromatic carbocycles. The number of ketones is 1. The maximum atomic E-state index is 11.7. The topological polar surface area (TPSA) is 17.1 Å². The van der Waals surface area contributed by atoms with E-state index in [4.69, 9.17) is 0 Å². The molecule has 1 nitrogen and oxygen atoms in total. The van der Waals surface area contributed by atoms with Crippen LogP contribution in [0.3, 0.4) is 0 Å². The lowest BCUT2D eigenvalue weighted by Gasteiger charge is -2.00. The van der Waals surface area contributed by atoms with Crippen molar-refractivity contribution < 1.29 is 4.79 Å². The highest BCUT2D eigenvalue weighted by Gasteiger charge is 1.96. The highest BCUT2D eigenvalue weighted by molar-refractivity contribution is 5.89. The summed E-state index contributed by atoms with van der Waals surface area (Å²) in [5, 5.41) is 0. The van der Waals surface area contributed by atoms with Crippen molar-refractivity contribution in [1.29, 1.82) is 0 Å². The van der Waals surface area contributed by atoms with Crippen LogP contribution >= 0.6 is 0 Å². The third-order valence-corrected chi connectivity index (χ3v) is 3.99. The normalized spacial score (nSPS) is 11.7. The van der Waals surface area contributed by atoms with Gasteiger partial charge in [0.25, 0.3) is 0 Å². The Morgan fingerprint density at radius 3 is 1.95 bits per heavy atom. The van der Waals surface area contributed by atoms with Crippen LogP contribution in [0.4, 0.5) is 0 Å². The fourth-order valence-corrected chi connectivity index (χ4v) is 2.52. The number of hydrogen-bond acceptors (Lipinski definition) is 1. The summed E-state index contributed by atoms with van der Waals surface area (Å²) in [4.78, 5) is 11.7. The summed E-state index contributed by atoms with van der Waals surface area (Å²) in [7, 11) is 0. The maximum absolute atomic E-state index is 11.7. The summed E-state index contributed by atoms with van der Waals surface area (Å²) in [6.45, 7) is 4.48. The van der Waals surface area contributed by atoms with E-state index in [9.17, 15) is 4.79 Å². The van der Waals surface area contributed by atoms with E-state index < -0.39 is 0 Å². The lowest BCUT2D eigenvalue weighted by atomic mass is 10.1. The quantitative estimate of drug-likeness (QED) is 0.168. The zero-order valence-corrected chi connectivity index (χ0v) is 15.1. The Bertz CT molecular complexity index is 288. The maximum Gasteiger partial charge on any atom is 0.155 e. The van der Waals surface area contributed by atoms with E-state index in [1.807, 2.05) is 6.08 Å². The van der Waals surface area contributed by atoms with Crippen LogP contribution in [0.15, 0.2) is 24.3 Å². The molecular weight excluding hydrogens is 268 g/mol. The van der Waals surface area contributed by atoms with Gasteiger partial charge in [-0.3, -0.25) is 4.79 Å². The molecule has 0 aromatic rings. The van der Waals surface area contributed by atoms with Gasteiger partial charge in [-0.2, -0.15) is 0 Å². The van der Waals surface area contributed by atoms with Crippen molar-refractivity contribution in [3.05, 3.63) is 24.3 Å². The molecule has 0 saturated carbocycles. The second kappa shape index (κ2) is 18.2. The monoisotopic (exact) mass is 306 g/mol. The predicted octanol–water partition coefficient (Wildman–Crippen LogP) is 7.17. The molecule has 0 saturated heterocycles. The number of hydrogen-bond donors (Lipinski definition) is 0. The van der Waals surface area contributed by atoms with Crippen molar-refractivity contribution in [2.24, 2.45) is 0 Å². The molecule has 0 fully saturated rings. The second-order valence-corrected chi connectivity index (χ2v) is 6.30. The summed E-state index contributed by atoms with van der Waals surface area (Å²) in [6, 6.07) is 0. The van der Waals surface area contributed by atoms with Crippen molar-refractivity contribution in [2.45, 2.75) is 104 Å². The predicted molar refractivity (Wildman–Crippen MR) is 99.3 cm³/mol. The Labute approximate surface area is 139 Å². The van der Waals surface area contributed by atoms with Gasteiger partial charge in [0.2, 0.25) is 0 Å². The first-order valence-corrected chi connectivity index (χ1v) is 9.65. The van der Waals surface area contributed by atoms with Crippen LogP contribution in [0.25, 0.3) is 0 Å². The first-order chi connectivity index (χ1) is 10.8. The van der Waals surface area contributed by atoms with Crippen LogP contribution in [0, 0.1) is 0 Å². The van der Waals surface area contributed by atoms with Crippen LogP contribution in [0.5, 0.6) is 0 Å². The van der Waals surface area contributed by atoms with E-state index in [1.165, 1.54) is 70.6 Å². The summed E-state index contributed by atoms with van der Waals surface area (Å²) < 4.78 is 0. The van der Waals surface area contributed by atoms with Gasteiger partial charge in [0.05, 0.1) is 0 Å². The molecule has 0 aromatic heterocycles. The standard InChI is InChI=1S/C21H38O/c1-3-5-7-9-11-13-15-17-19-21(22)20-18-16-14-12-10-8-6-4-2/h11,13,17,19H,3-10,12,14-16,18,20H2,1-2H3/b13-11-,19-17-. The smallest absolute Gasteiger partial charge is 0.155 e. The highest BCUT2D eigenvalue weighted by Crippen LogP contribution is 2.10. The van der Waals surface area contributed by atoms with Crippen LogP contribution in [0.2, 0.25) is 0 Å². The van der Waals surface area contributed by atoms with Crippen molar-refractivity contribution in [1.82, 2.24) is 0 Å². The van der Waals surface area contributed by atoms with Gasteiger partial charge >= 0.3 is 0 Å². The molecular formula is C21H38O. The van der Waals surface area contributed by atoms with Crippen LogP contribution < -0.4 is 0 Å². The molecule has 0 bridgehead atoms. The molecule has 0 aliphatic heterocycles. The van der Waals surface area contributed by atoms with E-state index >= 15 is 0 Å². The van der Waals surface area contributed by atoms with Gasteiger partial charge < -0.3 is 0 Å². The molecule has 0 aliphatic carbocycles. The Balaban J connectivity index is 3.36. The van der Waals surface area contributed by atoms with E-state index in [0.29, 0.717) is 5.78 Å². The molecule has 0 spiro atoms. The minimum absolute atomic E-state index is 0.297. The number of rotatable bonds is 16. The Kier molecular flexibility index (Phi) is 17.5. The lowest BCUT2D eigenvalue weighted by molar-refractivity contribution is -0.114. The average Bonchev–Trinajstić information content (AvgIpc) is 2.52. The molecule has 1 heteroatoms. The van der Waals surface area contributed by atoms with Crippen molar-refractivity contribution in [3.63, 3.8) is 0 Å². The van der Waals surface area contributed by atoms with E-state index in [0.717, 1.165) is 19.3 Å². The van der Waals surface area contributed by atoms with Gasteiger partial charge in [-0.15, -0.1) is 0 Å². The molecule has 0 amide bonds. The minimum atomic E-state index is 0.297. The zero-order valence-electron chi connectivity index (χ0n) is 15.1. The Morgan fingerprint density at radius 2 is 1.27 bits per heavy atom. The molecule has 128 valence electrons. The first kappa shape index (κ1) is 21.1. The lowest BCUT2D eigenvalue weighted by Crippen LogP contribution is -1.92. The summed E-state index contributed by atoms with van der Waals surface area (Å²) in [5.41, 5.74) is 0. The Hall–Kier alpha value is -0.850. The molecule has 0 rings (SSSR count). The number of allylic oxidation sites excluding steroid dienone is 4. The summed E-state index contributed by atoms with van der Waals surface area (Å²) in [6.07, 6.45) is 25.2. The van der Waals surface area contributed by atoms with Crippen LogP contribution in [-0.2, 0) is 4.79 Å². The van der Waals surface area contributed by atoms with Crippen LogP contribution in [-0.4, -0.2) is 5.78 Å². The second-order valence-electron chi connectivity index (χ2n) is 6.30. The number of carbonyl (C=O) groups is 1. The molecule has 0 atom stereocenters. The molecule has 0 aliphatic rings. The van der Waals surface area contributed by atoms with Crippen molar-refractivity contribution in [3.8, 4) is 0 Å². The first-order valence-electron chi connectivity index (χ1n) is 9.65. The van der Waals surface area contributed by atoms with E-state index in [1.54, 1.807) is 6.08 Å². The Morgan fingerprint density at radius 1 is 0.682 bits per heavy atom. The van der Waals surface area contributed by atoms with Gasteiger partial charge in [-0.1, -0.05) is 89.9 Å². The molecule has 0 radical (unpaired) electrons. The minimum Gasteiger partial charge on any atom is -0.295 e. The van der Waals surface area contributed by atoms with Gasteiger partial charge in [0.1, 0.15) is 0 Å². The number of carbonyl (C=O) groups excluding carboxylic acids is 1. The fraction of sp³-hybridized carbons (Fsp3) is 0.762. The third-order valence-electron chi connectivity index (χ3n) is 3.99. The fourth-order valence-electron chi connectivity index (χ4n) is 2.52. The largest absolute Gasteiger partial charge is 0.295 e. The highest BCUT2D eigenvalue weighted by atomic mass is 16.1. The van der Waals surface area contributed by atoms with Crippen molar-refractivity contribution >= 4 is 5.78 Å². The summed E-state index contributed by atoms with van der Waals surface area (Å²) in [5.74, 6) is 0.297. The van der Waals surface area contributed by atoms with Gasteiger partial charge in [-0.05, 0) is 31.8 Å². The molecule has 0 heterocycles. The van der Waals surface area contributed by atoms with Gasteiger partial charge in [-0.25, -0.2) is 0 Å². The SMILES string of the molecule is CCCCC/C=C\C/C=C\C(=O)CCCCCCCCCC.